The number of carbonyl (C=O) groups is 1. The molecule has 0 aromatic carbocycles. The van der Waals surface area contributed by atoms with E-state index < -0.39 is 0 Å². The van der Waals surface area contributed by atoms with Crippen LogP contribution in [-0.2, 0) is 11.3 Å². The third-order valence-electron chi connectivity index (χ3n) is 4.96. The zero-order valence-electron chi connectivity index (χ0n) is 14.0. The summed E-state index contributed by atoms with van der Waals surface area (Å²) in [4.78, 5) is 12.6. The molecular formula is C18H29NO2. The van der Waals surface area contributed by atoms with Gasteiger partial charge < -0.3 is 9.73 Å². The summed E-state index contributed by atoms with van der Waals surface area (Å²) in [6.07, 6.45) is 3.46. The van der Waals surface area contributed by atoms with E-state index in [1.165, 1.54) is 12.8 Å². The van der Waals surface area contributed by atoms with E-state index in [0.717, 1.165) is 23.5 Å². The van der Waals surface area contributed by atoms with E-state index in [4.69, 9.17) is 4.42 Å². The van der Waals surface area contributed by atoms with Gasteiger partial charge in [-0.3, -0.25) is 4.79 Å². The molecule has 2 rings (SSSR count). The van der Waals surface area contributed by atoms with Crippen molar-refractivity contribution < 1.29 is 9.21 Å². The maximum Gasteiger partial charge on any atom is 0.223 e. The molecule has 3 heteroatoms. The number of aryl methyl sites for hydroxylation is 2. The fourth-order valence-electron chi connectivity index (χ4n) is 3.68. The second kappa shape index (κ2) is 6.67. The van der Waals surface area contributed by atoms with E-state index in [1.54, 1.807) is 0 Å². The summed E-state index contributed by atoms with van der Waals surface area (Å²) in [7, 11) is 0. The van der Waals surface area contributed by atoms with Crippen LogP contribution < -0.4 is 5.32 Å². The Hall–Kier alpha value is -1.25. The van der Waals surface area contributed by atoms with Crippen molar-refractivity contribution in [1.29, 1.82) is 0 Å². The van der Waals surface area contributed by atoms with E-state index in [1.807, 2.05) is 19.9 Å². The van der Waals surface area contributed by atoms with Crippen LogP contribution in [0, 0.1) is 37.5 Å². The highest BCUT2D eigenvalue weighted by Crippen LogP contribution is 2.38. The van der Waals surface area contributed by atoms with Crippen LogP contribution >= 0.6 is 0 Å². The van der Waals surface area contributed by atoms with Crippen LogP contribution in [-0.4, -0.2) is 5.91 Å². The summed E-state index contributed by atoms with van der Waals surface area (Å²) in [5, 5.41) is 3.13. The number of nitrogens with one attached hydrogen (secondary N) is 1. The first-order valence-electron chi connectivity index (χ1n) is 8.22. The zero-order chi connectivity index (χ0) is 15.6. The topological polar surface area (TPSA) is 42.2 Å². The average Bonchev–Trinajstić information content (AvgIpc) is 2.73. The summed E-state index contributed by atoms with van der Waals surface area (Å²) in [6, 6.07) is 2.01. The molecule has 0 radical (unpaired) electrons. The maximum atomic E-state index is 12.6. The highest BCUT2D eigenvalue weighted by molar-refractivity contribution is 5.79. The van der Waals surface area contributed by atoms with E-state index in [2.05, 4.69) is 26.1 Å². The molecule has 0 bridgehead atoms. The monoisotopic (exact) mass is 291 g/mol. The molecule has 1 aliphatic rings. The van der Waals surface area contributed by atoms with Gasteiger partial charge in [-0.1, -0.05) is 27.2 Å². The van der Waals surface area contributed by atoms with Gasteiger partial charge in [0.05, 0.1) is 0 Å². The Balaban J connectivity index is 1.98. The SMILES string of the molecule is Cc1cc(CNC(=O)C2CC(C)CCC2C(C)C)c(C)o1. The van der Waals surface area contributed by atoms with Crippen molar-refractivity contribution in [2.24, 2.45) is 23.7 Å². The number of rotatable bonds is 4. The van der Waals surface area contributed by atoms with Gasteiger partial charge in [-0.2, -0.15) is 0 Å². The van der Waals surface area contributed by atoms with Gasteiger partial charge in [0.1, 0.15) is 11.5 Å². The molecule has 21 heavy (non-hydrogen) atoms. The minimum atomic E-state index is 0.169. The normalized spacial score (nSPS) is 26.1. The van der Waals surface area contributed by atoms with Gasteiger partial charge in [-0.05, 0) is 50.5 Å². The fourth-order valence-corrected chi connectivity index (χ4v) is 3.68. The third-order valence-corrected chi connectivity index (χ3v) is 4.96. The standard InChI is InChI=1S/C18H29NO2/c1-11(2)16-7-6-12(3)8-17(16)18(20)19-10-15-9-13(4)21-14(15)5/h9,11-12,16-17H,6-8,10H2,1-5H3,(H,19,20). The van der Waals surface area contributed by atoms with Gasteiger partial charge in [-0.15, -0.1) is 0 Å². The predicted octanol–water partition coefficient (Wildman–Crippen LogP) is 4.22. The average molecular weight is 291 g/mol. The molecule has 1 N–H and O–H groups in total. The number of carbonyl (C=O) groups excluding carboxylic acids is 1. The Morgan fingerprint density at radius 3 is 2.67 bits per heavy atom. The van der Waals surface area contributed by atoms with Crippen LogP contribution in [0.4, 0.5) is 0 Å². The van der Waals surface area contributed by atoms with Crippen molar-refractivity contribution in [3.05, 3.63) is 23.2 Å². The van der Waals surface area contributed by atoms with E-state index in [9.17, 15) is 4.79 Å². The first-order chi connectivity index (χ1) is 9.88. The molecule has 1 aromatic heterocycles. The van der Waals surface area contributed by atoms with Crippen molar-refractivity contribution >= 4 is 5.91 Å². The number of amides is 1. The number of hydrogen-bond donors (Lipinski definition) is 1. The smallest absolute Gasteiger partial charge is 0.223 e. The summed E-state index contributed by atoms with van der Waals surface area (Å²) < 4.78 is 5.52. The first kappa shape index (κ1) is 16.1. The van der Waals surface area contributed by atoms with Crippen LogP contribution in [0.15, 0.2) is 10.5 Å². The van der Waals surface area contributed by atoms with Crippen molar-refractivity contribution in [3.63, 3.8) is 0 Å². The largest absolute Gasteiger partial charge is 0.466 e. The molecular weight excluding hydrogens is 262 g/mol. The lowest BCUT2D eigenvalue weighted by Gasteiger charge is -2.36. The van der Waals surface area contributed by atoms with E-state index >= 15 is 0 Å². The summed E-state index contributed by atoms with van der Waals surface area (Å²) in [5.74, 6) is 3.96. The molecule has 0 aliphatic heterocycles. The van der Waals surface area contributed by atoms with Gasteiger partial charge in [0.2, 0.25) is 5.91 Å². The Morgan fingerprint density at radius 2 is 2.10 bits per heavy atom. The van der Waals surface area contributed by atoms with Crippen molar-refractivity contribution in [3.8, 4) is 0 Å². The Labute approximate surface area is 128 Å². The molecule has 1 saturated carbocycles. The van der Waals surface area contributed by atoms with Crippen molar-refractivity contribution in [2.45, 2.75) is 60.4 Å². The molecule has 1 amide bonds. The molecule has 3 atom stereocenters. The maximum absolute atomic E-state index is 12.6. The molecule has 1 heterocycles. The van der Waals surface area contributed by atoms with Gasteiger partial charge in [-0.25, -0.2) is 0 Å². The molecule has 0 spiro atoms. The van der Waals surface area contributed by atoms with Crippen LogP contribution in [0.3, 0.4) is 0 Å². The van der Waals surface area contributed by atoms with Gasteiger partial charge >= 0.3 is 0 Å². The fraction of sp³-hybridized carbons (Fsp3) is 0.722. The molecule has 1 aliphatic carbocycles. The van der Waals surface area contributed by atoms with Crippen LogP contribution in [0.1, 0.15) is 57.1 Å². The Bertz CT molecular complexity index is 489. The second-order valence-electron chi connectivity index (χ2n) is 7.09. The summed E-state index contributed by atoms with van der Waals surface area (Å²) in [6.45, 7) is 11.2. The minimum Gasteiger partial charge on any atom is -0.466 e. The highest BCUT2D eigenvalue weighted by atomic mass is 16.3. The predicted molar refractivity (Wildman–Crippen MR) is 84.9 cm³/mol. The van der Waals surface area contributed by atoms with Gasteiger partial charge in [0.15, 0.2) is 0 Å². The highest BCUT2D eigenvalue weighted by Gasteiger charge is 2.35. The first-order valence-corrected chi connectivity index (χ1v) is 8.22. The van der Waals surface area contributed by atoms with Crippen molar-refractivity contribution in [2.75, 3.05) is 0 Å². The lowest BCUT2D eigenvalue weighted by Crippen LogP contribution is -2.40. The second-order valence-corrected chi connectivity index (χ2v) is 7.09. The Morgan fingerprint density at radius 1 is 1.38 bits per heavy atom. The van der Waals surface area contributed by atoms with Gasteiger partial charge in [0.25, 0.3) is 0 Å². The van der Waals surface area contributed by atoms with E-state index in [-0.39, 0.29) is 11.8 Å². The van der Waals surface area contributed by atoms with Crippen molar-refractivity contribution in [1.82, 2.24) is 5.32 Å². The number of furan rings is 1. The van der Waals surface area contributed by atoms with Gasteiger partial charge in [0, 0.05) is 18.0 Å². The van der Waals surface area contributed by atoms with Crippen LogP contribution in [0.5, 0.6) is 0 Å². The summed E-state index contributed by atoms with van der Waals surface area (Å²) in [5.41, 5.74) is 1.09. The molecule has 1 fully saturated rings. The molecule has 118 valence electrons. The molecule has 1 aromatic rings. The zero-order valence-corrected chi connectivity index (χ0v) is 14.0. The molecule has 0 saturated heterocycles. The third kappa shape index (κ3) is 3.90. The Kier molecular flexibility index (Phi) is 5.13. The lowest BCUT2D eigenvalue weighted by molar-refractivity contribution is -0.129. The number of hydrogen-bond acceptors (Lipinski definition) is 2. The lowest BCUT2D eigenvalue weighted by atomic mass is 9.70. The molecule has 3 unspecified atom stereocenters. The minimum absolute atomic E-state index is 0.169. The summed E-state index contributed by atoms with van der Waals surface area (Å²) >= 11 is 0. The van der Waals surface area contributed by atoms with Crippen LogP contribution in [0.25, 0.3) is 0 Å². The molecule has 3 nitrogen and oxygen atoms in total. The van der Waals surface area contributed by atoms with E-state index in [0.29, 0.717) is 24.3 Å². The van der Waals surface area contributed by atoms with Crippen LogP contribution in [0.2, 0.25) is 0 Å². The quantitative estimate of drug-likeness (QED) is 0.902.